The van der Waals surface area contributed by atoms with Crippen LogP contribution in [0, 0.1) is 29.1 Å². The second-order valence-corrected chi connectivity index (χ2v) is 12.5. The third-order valence-corrected chi connectivity index (χ3v) is 11.3. The Morgan fingerprint density at radius 1 is 1.12 bits per heavy atom. The highest BCUT2D eigenvalue weighted by molar-refractivity contribution is 5.74. The average Bonchev–Trinajstić information content (AvgIpc) is 3.14. The highest BCUT2D eigenvalue weighted by atomic mass is 16.3. The van der Waals surface area contributed by atoms with Crippen LogP contribution in [0.5, 0.6) is 0 Å². The highest BCUT2D eigenvalue weighted by Crippen LogP contribution is 2.64. The SMILES string of the molecule is CC(c1ccc(C=O)cc1)C1C2CCC3CC4CC(O)C5(CCCC5)C4NC3C2C2(O)CN12. The minimum Gasteiger partial charge on any atom is -0.392 e. The Labute approximate surface area is 196 Å². The number of nitrogens with one attached hydrogen (secondary N) is 1. The van der Waals surface area contributed by atoms with Gasteiger partial charge in [0.25, 0.3) is 0 Å². The number of nitrogens with zero attached hydrogens (tertiary/aromatic N) is 1. The first kappa shape index (κ1) is 21.0. The maximum Gasteiger partial charge on any atom is 0.150 e. The number of aliphatic hydroxyl groups excluding tert-OH is 1. The first-order chi connectivity index (χ1) is 16.0. The quantitative estimate of drug-likeness (QED) is 0.487. The van der Waals surface area contributed by atoms with Crippen molar-refractivity contribution in [1.82, 2.24) is 10.2 Å². The van der Waals surface area contributed by atoms with Gasteiger partial charge < -0.3 is 15.5 Å². The smallest absolute Gasteiger partial charge is 0.150 e. The van der Waals surface area contributed by atoms with E-state index in [0.29, 0.717) is 41.8 Å². The molecule has 7 rings (SSSR count). The maximum atomic E-state index is 11.8. The predicted octanol–water partition coefficient (Wildman–Crippen LogP) is 3.30. The van der Waals surface area contributed by atoms with Crippen LogP contribution in [0.15, 0.2) is 24.3 Å². The fraction of sp³-hybridized carbons (Fsp3) is 0.750. The van der Waals surface area contributed by atoms with E-state index in [-0.39, 0.29) is 17.4 Å². The Bertz CT molecular complexity index is 943. The van der Waals surface area contributed by atoms with E-state index in [1.807, 2.05) is 12.1 Å². The molecule has 1 aromatic rings. The summed E-state index contributed by atoms with van der Waals surface area (Å²) in [5.74, 6) is 2.35. The molecule has 5 nitrogen and oxygen atoms in total. The number of fused-ring (bicyclic) bond motifs is 7. The average molecular weight is 451 g/mol. The summed E-state index contributed by atoms with van der Waals surface area (Å²) in [6.45, 7) is 3.10. The number of rotatable bonds is 3. The number of carbonyl (C=O) groups is 1. The van der Waals surface area contributed by atoms with E-state index < -0.39 is 5.72 Å². The number of aldehydes is 1. The lowest BCUT2D eigenvalue weighted by atomic mass is 9.60. The van der Waals surface area contributed by atoms with Gasteiger partial charge in [0.1, 0.15) is 12.0 Å². The zero-order valence-corrected chi connectivity index (χ0v) is 19.7. The molecule has 178 valence electrons. The largest absolute Gasteiger partial charge is 0.392 e. The van der Waals surface area contributed by atoms with E-state index in [2.05, 4.69) is 29.3 Å². The van der Waals surface area contributed by atoms with Crippen molar-refractivity contribution in [2.24, 2.45) is 29.1 Å². The molecule has 6 aliphatic rings. The Balaban J connectivity index is 1.18. The van der Waals surface area contributed by atoms with Crippen molar-refractivity contribution < 1.29 is 15.0 Å². The second-order valence-electron chi connectivity index (χ2n) is 12.5. The van der Waals surface area contributed by atoms with Gasteiger partial charge in [0.05, 0.1) is 6.10 Å². The summed E-state index contributed by atoms with van der Waals surface area (Å²) in [5.41, 5.74) is 1.41. The second kappa shape index (κ2) is 7.13. The number of hydrogen-bond donors (Lipinski definition) is 3. The van der Waals surface area contributed by atoms with Crippen molar-refractivity contribution in [3.05, 3.63) is 35.4 Å². The first-order valence-electron chi connectivity index (χ1n) is 13.4. The van der Waals surface area contributed by atoms with E-state index in [1.165, 1.54) is 50.5 Å². The molecule has 3 saturated carbocycles. The van der Waals surface area contributed by atoms with Gasteiger partial charge in [-0.3, -0.25) is 9.69 Å². The monoisotopic (exact) mass is 450 g/mol. The molecular formula is C28H38N2O3. The lowest BCUT2D eigenvalue weighted by molar-refractivity contribution is -0.0370. The summed E-state index contributed by atoms with van der Waals surface area (Å²) in [7, 11) is 0. The molecule has 1 aromatic carbocycles. The van der Waals surface area contributed by atoms with Gasteiger partial charge in [-0.2, -0.15) is 0 Å². The molecule has 5 heteroatoms. The van der Waals surface area contributed by atoms with E-state index in [9.17, 15) is 15.0 Å². The molecule has 3 N–H and O–H groups in total. The van der Waals surface area contributed by atoms with Gasteiger partial charge in [0.2, 0.25) is 0 Å². The fourth-order valence-electron chi connectivity index (χ4n) is 9.81. The topological polar surface area (TPSA) is 72.6 Å². The molecule has 1 spiro atoms. The van der Waals surface area contributed by atoms with Crippen molar-refractivity contribution in [2.75, 3.05) is 6.54 Å². The number of hydrogen-bond acceptors (Lipinski definition) is 5. The summed E-state index contributed by atoms with van der Waals surface area (Å²) in [4.78, 5) is 13.5. The Hall–Kier alpha value is -1.27. The van der Waals surface area contributed by atoms with E-state index in [0.717, 1.165) is 24.8 Å². The number of aliphatic hydroxyl groups is 2. The molecule has 0 amide bonds. The van der Waals surface area contributed by atoms with Crippen LogP contribution >= 0.6 is 0 Å². The molecule has 3 saturated heterocycles. The van der Waals surface area contributed by atoms with Gasteiger partial charge in [-0.1, -0.05) is 44.0 Å². The lowest BCUT2D eigenvalue weighted by Crippen LogP contribution is -2.63. The van der Waals surface area contributed by atoms with Crippen molar-refractivity contribution in [2.45, 2.75) is 94.2 Å². The minimum absolute atomic E-state index is 0.0834. The van der Waals surface area contributed by atoms with Crippen LogP contribution in [-0.2, 0) is 0 Å². The molecule has 0 bridgehead atoms. The van der Waals surface area contributed by atoms with Crippen LogP contribution in [0.25, 0.3) is 0 Å². The summed E-state index contributed by atoms with van der Waals surface area (Å²) in [6.07, 6.45) is 10.2. The van der Waals surface area contributed by atoms with Crippen molar-refractivity contribution in [1.29, 1.82) is 0 Å². The third kappa shape index (κ3) is 2.77. The molecule has 11 unspecified atom stereocenters. The van der Waals surface area contributed by atoms with Crippen LogP contribution in [0.4, 0.5) is 0 Å². The van der Waals surface area contributed by atoms with Crippen molar-refractivity contribution in [3.63, 3.8) is 0 Å². The zero-order valence-electron chi connectivity index (χ0n) is 19.7. The molecule has 6 fully saturated rings. The van der Waals surface area contributed by atoms with Crippen LogP contribution in [0.3, 0.4) is 0 Å². The van der Waals surface area contributed by atoms with Crippen molar-refractivity contribution in [3.8, 4) is 0 Å². The fourth-order valence-corrected chi connectivity index (χ4v) is 9.81. The Morgan fingerprint density at radius 2 is 1.88 bits per heavy atom. The summed E-state index contributed by atoms with van der Waals surface area (Å²) >= 11 is 0. The summed E-state index contributed by atoms with van der Waals surface area (Å²) < 4.78 is 0. The van der Waals surface area contributed by atoms with E-state index >= 15 is 0 Å². The molecular weight excluding hydrogens is 412 g/mol. The number of piperidine rings is 2. The molecule has 0 radical (unpaired) electrons. The van der Waals surface area contributed by atoms with Crippen molar-refractivity contribution >= 4 is 6.29 Å². The third-order valence-electron chi connectivity index (χ3n) is 11.3. The zero-order chi connectivity index (χ0) is 22.5. The standard InChI is InChI=1S/C28H38N2O3/c1-16(18-6-4-17(14-31)5-7-18)25-21-9-8-19-12-20-13-22(32)27(10-2-3-11-27)26(20)29-24(19)23(21)28(33)15-30(25)28/h4-7,14,16,19-26,29,32-33H,2-3,8-13,15H2,1H3. The molecule has 0 aromatic heterocycles. The van der Waals surface area contributed by atoms with Crippen LogP contribution < -0.4 is 5.32 Å². The number of benzene rings is 1. The number of carbonyl (C=O) groups excluding carboxylic acids is 1. The van der Waals surface area contributed by atoms with Gasteiger partial charge in [-0.25, -0.2) is 0 Å². The van der Waals surface area contributed by atoms with E-state index in [1.54, 1.807) is 0 Å². The van der Waals surface area contributed by atoms with Gasteiger partial charge >= 0.3 is 0 Å². The maximum absolute atomic E-state index is 11.8. The van der Waals surface area contributed by atoms with Gasteiger partial charge in [-0.15, -0.1) is 0 Å². The summed E-state index contributed by atoms with van der Waals surface area (Å²) in [6, 6.07) is 9.21. The minimum atomic E-state index is -0.657. The Morgan fingerprint density at radius 3 is 2.61 bits per heavy atom. The van der Waals surface area contributed by atoms with Crippen LogP contribution in [0.1, 0.15) is 80.1 Å². The van der Waals surface area contributed by atoms with Gasteiger partial charge in [-0.05, 0) is 67.8 Å². The van der Waals surface area contributed by atoms with E-state index in [4.69, 9.17) is 0 Å². The molecule has 33 heavy (non-hydrogen) atoms. The first-order valence-corrected chi connectivity index (χ1v) is 13.4. The van der Waals surface area contributed by atoms with Crippen LogP contribution in [0.2, 0.25) is 0 Å². The molecule has 3 aliphatic carbocycles. The highest BCUT2D eigenvalue weighted by Gasteiger charge is 2.73. The molecule has 3 aliphatic heterocycles. The summed E-state index contributed by atoms with van der Waals surface area (Å²) in [5, 5.41) is 27.1. The molecule has 11 atom stereocenters. The molecule has 3 heterocycles. The van der Waals surface area contributed by atoms with Gasteiger partial charge in [0, 0.05) is 41.6 Å². The van der Waals surface area contributed by atoms with Gasteiger partial charge in [0.15, 0.2) is 0 Å². The lowest BCUT2D eigenvalue weighted by Gasteiger charge is -2.52. The normalized spacial score (nSPS) is 49.7. The Kier molecular flexibility index (Phi) is 4.55. The predicted molar refractivity (Wildman–Crippen MR) is 126 cm³/mol. The van der Waals surface area contributed by atoms with Crippen LogP contribution in [-0.4, -0.2) is 57.9 Å².